The molecule has 0 saturated heterocycles. The summed E-state index contributed by atoms with van der Waals surface area (Å²) in [6, 6.07) is 8.70. The molecule has 3 rings (SSSR count). The second kappa shape index (κ2) is 3.14. The predicted molar refractivity (Wildman–Crippen MR) is 61.8 cm³/mol. The molecule has 2 heteroatoms. The molecule has 0 fully saturated rings. The molecule has 0 aromatic rings. The Balaban J connectivity index is 2.39. The molecular formula is C14H8O2. The summed E-state index contributed by atoms with van der Waals surface area (Å²) >= 11 is 0. The van der Waals surface area contributed by atoms with Crippen LogP contribution in [0.1, 0.15) is 15.9 Å². The van der Waals surface area contributed by atoms with Crippen molar-refractivity contribution >= 4 is 5.78 Å². The Labute approximate surface area is 92.6 Å². The van der Waals surface area contributed by atoms with Crippen LogP contribution in [0.25, 0.3) is 11.1 Å². The Hall–Kier alpha value is -2.22. The van der Waals surface area contributed by atoms with E-state index in [2.05, 4.69) is 0 Å². The Morgan fingerprint density at radius 1 is 1.19 bits per heavy atom. The monoisotopic (exact) mass is 208 g/mol. The van der Waals surface area contributed by atoms with Crippen molar-refractivity contribution in [1.82, 2.24) is 0 Å². The van der Waals surface area contributed by atoms with E-state index < -0.39 is 0 Å². The van der Waals surface area contributed by atoms with Crippen LogP contribution in [-0.2, 0) is 0 Å². The van der Waals surface area contributed by atoms with Gasteiger partial charge in [0.1, 0.15) is 0 Å². The second-order valence-electron chi connectivity index (χ2n) is 3.81. The summed E-state index contributed by atoms with van der Waals surface area (Å²) in [5.41, 5.74) is 2.94. The van der Waals surface area contributed by atoms with Crippen LogP contribution in [0.2, 0.25) is 0 Å². The van der Waals surface area contributed by atoms with Crippen LogP contribution in [0.4, 0.5) is 0 Å². The molecule has 0 unspecified atom stereocenters. The quantitative estimate of drug-likeness (QED) is 0.622. The number of ketones is 1. The number of fused-ring (bicyclic) bond motifs is 2. The van der Waals surface area contributed by atoms with E-state index in [4.69, 9.17) is 0 Å². The number of rotatable bonds is 0. The highest BCUT2D eigenvalue weighted by Gasteiger charge is 2.16. The zero-order valence-electron chi connectivity index (χ0n) is 8.44. The van der Waals surface area contributed by atoms with Crippen LogP contribution in [0.3, 0.4) is 0 Å². The van der Waals surface area contributed by atoms with E-state index in [1.807, 2.05) is 18.6 Å². The molecule has 0 saturated carbocycles. The first-order valence-corrected chi connectivity index (χ1v) is 5.05. The maximum Gasteiger partial charge on any atom is 0.186 e. The molecule has 0 radical (unpaired) electrons. The fraction of sp³-hybridized carbons (Fsp3) is 0. The van der Waals surface area contributed by atoms with Gasteiger partial charge in [0.05, 0.1) is 0 Å². The number of allylic oxidation sites excluding steroid dienone is 2. The van der Waals surface area contributed by atoms with Crippen molar-refractivity contribution in [3.05, 3.63) is 70.3 Å². The molecule has 0 bridgehead atoms. The third-order valence-corrected chi connectivity index (χ3v) is 2.80. The largest absolute Gasteiger partial charge is 0.289 e. The van der Waals surface area contributed by atoms with Gasteiger partial charge in [-0.1, -0.05) is 24.6 Å². The van der Waals surface area contributed by atoms with Crippen molar-refractivity contribution in [1.29, 1.82) is 0 Å². The topological polar surface area (TPSA) is 34.1 Å². The fourth-order valence-corrected chi connectivity index (χ4v) is 1.99. The summed E-state index contributed by atoms with van der Waals surface area (Å²) < 4.78 is 0. The van der Waals surface area contributed by atoms with Crippen LogP contribution < -0.4 is 5.43 Å². The van der Waals surface area contributed by atoms with Crippen molar-refractivity contribution in [3.63, 3.8) is 0 Å². The van der Waals surface area contributed by atoms with Gasteiger partial charge in [-0.3, -0.25) is 9.59 Å². The minimum atomic E-state index is -0.0392. The van der Waals surface area contributed by atoms with Crippen LogP contribution in [-0.4, -0.2) is 5.78 Å². The summed E-state index contributed by atoms with van der Waals surface area (Å²) in [7, 11) is 0. The minimum Gasteiger partial charge on any atom is -0.289 e. The van der Waals surface area contributed by atoms with Crippen molar-refractivity contribution in [2.45, 2.75) is 0 Å². The highest BCUT2D eigenvalue weighted by molar-refractivity contribution is 6.08. The van der Waals surface area contributed by atoms with E-state index in [1.165, 1.54) is 12.1 Å². The highest BCUT2D eigenvalue weighted by atomic mass is 16.1. The zero-order chi connectivity index (χ0) is 11.1. The number of carbonyl (C=O) groups excluding carboxylic acids is 1. The van der Waals surface area contributed by atoms with E-state index in [0.717, 1.165) is 11.1 Å². The van der Waals surface area contributed by atoms with Crippen molar-refractivity contribution in [2.24, 2.45) is 0 Å². The van der Waals surface area contributed by atoms with E-state index in [-0.39, 0.29) is 11.2 Å². The van der Waals surface area contributed by atoms with E-state index >= 15 is 0 Å². The van der Waals surface area contributed by atoms with Gasteiger partial charge in [-0.2, -0.15) is 0 Å². The van der Waals surface area contributed by atoms with Gasteiger partial charge in [-0.25, -0.2) is 0 Å². The Bertz CT molecular complexity index is 632. The first kappa shape index (κ1) is 9.04. The van der Waals surface area contributed by atoms with Crippen LogP contribution in [0.5, 0.6) is 0 Å². The Kier molecular flexibility index (Phi) is 1.77. The molecule has 0 aromatic heterocycles. The first-order valence-electron chi connectivity index (χ1n) is 5.05. The van der Waals surface area contributed by atoms with E-state index in [9.17, 15) is 9.59 Å². The summed E-state index contributed by atoms with van der Waals surface area (Å²) in [4.78, 5) is 23.3. The van der Waals surface area contributed by atoms with Gasteiger partial charge in [-0.15, -0.1) is 0 Å². The van der Waals surface area contributed by atoms with Crippen molar-refractivity contribution < 1.29 is 4.79 Å². The molecule has 76 valence electrons. The molecular weight excluding hydrogens is 200 g/mol. The second-order valence-corrected chi connectivity index (χ2v) is 3.81. The number of benzene rings is 2. The van der Waals surface area contributed by atoms with E-state index in [0.29, 0.717) is 11.1 Å². The fourth-order valence-electron chi connectivity index (χ4n) is 1.99. The molecule has 0 heterocycles. The standard InChI is InChI=1S/C14H8O2/c15-13-5-1-3-9-7-10-4-2-6-14(16)12(10)8-11(9)13/h1-8H. The lowest BCUT2D eigenvalue weighted by Gasteiger charge is -2.13. The van der Waals surface area contributed by atoms with Crippen molar-refractivity contribution in [2.75, 3.05) is 0 Å². The molecule has 0 N–H and O–H groups in total. The maximum absolute atomic E-state index is 11.6. The summed E-state index contributed by atoms with van der Waals surface area (Å²) in [5.74, 6) is -0.0392. The third kappa shape index (κ3) is 1.20. The van der Waals surface area contributed by atoms with Crippen LogP contribution in [0.15, 0.2) is 47.3 Å². The van der Waals surface area contributed by atoms with Gasteiger partial charge in [0.2, 0.25) is 0 Å². The summed E-state index contributed by atoms with van der Waals surface area (Å²) in [5, 5.41) is 0. The van der Waals surface area contributed by atoms with Crippen molar-refractivity contribution in [3.8, 4) is 11.1 Å². The molecule has 16 heavy (non-hydrogen) atoms. The SMILES string of the molecule is O=C1C=C[CH+]c2cc3cccc(=O)c-3c[c-]21. The lowest BCUT2D eigenvalue weighted by Crippen LogP contribution is -2.10. The Morgan fingerprint density at radius 3 is 2.94 bits per heavy atom. The number of hydrogen-bond donors (Lipinski definition) is 0. The minimum absolute atomic E-state index is 0.0392. The lowest BCUT2D eigenvalue weighted by atomic mass is 9.89. The van der Waals surface area contributed by atoms with Gasteiger partial charge in [0.25, 0.3) is 0 Å². The summed E-state index contributed by atoms with van der Waals surface area (Å²) in [6.45, 7) is 0. The summed E-state index contributed by atoms with van der Waals surface area (Å²) in [6.07, 6.45) is 5.13. The molecule has 0 aromatic carbocycles. The molecule has 0 aliphatic heterocycles. The molecule has 0 atom stereocenters. The van der Waals surface area contributed by atoms with Crippen LogP contribution >= 0.6 is 0 Å². The maximum atomic E-state index is 11.6. The molecule has 3 aliphatic rings. The molecule has 0 spiro atoms. The van der Waals surface area contributed by atoms with Gasteiger partial charge < -0.3 is 0 Å². The van der Waals surface area contributed by atoms with E-state index in [1.54, 1.807) is 18.2 Å². The average molecular weight is 208 g/mol. The zero-order valence-corrected chi connectivity index (χ0v) is 8.44. The van der Waals surface area contributed by atoms with Gasteiger partial charge >= 0.3 is 0 Å². The first-order chi connectivity index (χ1) is 7.75. The van der Waals surface area contributed by atoms with Gasteiger partial charge in [0.15, 0.2) is 11.2 Å². The van der Waals surface area contributed by atoms with Crippen LogP contribution in [0, 0.1) is 6.42 Å². The molecule has 2 nitrogen and oxygen atoms in total. The highest BCUT2D eigenvalue weighted by Crippen LogP contribution is 2.26. The normalized spacial score (nSPS) is 13.6. The number of hydrogen-bond acceptors (Lipinski definition) is 2. The third-order valence-electron chi connectivity index (χ3n) is 2.80. The lowest BCUT2D eigenvalue weighted by molar-refractivity contribution is 0.104. The predicted octanol–water partition coefficient (Wildman–Crippen LogP) is 2.18. The number of carbonyl (C=O) groups is 1. The van der Waals surface area contributed by atoms with Gasteiger partial charge in [0, 0.05) is 11.1 Å². The Morgan fingerprint density at radius 2 is 2.06 bits per heavy atom. The average Bonchev–Trinajstić information content (AvgIpc) is 2.28. The smallest absolute Gasteiger partial charge is 0.186 e. The molecule has 0 amide bonds. The van der Waals surface area contributed by atoms with Gasteiger partial charge in [-0.05, 0) is 35.4 Å². The molecule has 3 aliphatic carbocycles.